The van der Waals surface area contributed by atoms with Gasteiger partial charge in [0, 0.05) is 12.6 Å². The number of benzene rings is 1. The number of hydrogen-bond acceptors (Lipinski definition) is 2. The first-order valence-electron chi connectivity index (χ1n) is 6.84. The first-order chi connectivity index (χ1) is 8.76. The number of aryl methyl sites for hydroxylation is 1. The van der Waals surface area contributed by atoms with Crippen molar-refractivity contribution in [3.05, 3.63) is 35.4 Å². The topological polar surface area (TPSA) is 55.1 Å². The fraction of sp³-hybridized carbons (Fsp3) is 0.562. The molecule has 0 spiro atoms. The highest BCUT2D eigenvalue weighted by molar-refractivity contribution is 5.78. The highest BCUT2D eigenvalue weighted by Gasteiger charge is 2.16. The normalized spacial score (nSPS) is 13.1. The average Bonchev–Trinajstić information content (AvgIpc) is 2.27. The van der Waals surface area contributed by atoms with E-state index in [4.69, 9.17) is 5.73 Å². The second-order valence-electron chi connectivity index (χ2n) is 6.49. The van der Waals surface area contributed by atoms with Crippen LogP contribution in [0.4, 0.5) is 0 Å². The molecule has 0 radical (unpaired) electrons. The number of hydrogen-bond donors (Lipinski definition) is 2. The molecule has 0 fully saturated rings. The molecule has 0 heterocycles. The van der Waals surface area contributed by atoms with Crippen molar-refractivity contribution in [1.29, 1.82) is 0 Å². The van der Waals surface area contributed by atoms with E-state index in [1.165, 1.54) is 5.56 Å². The summed E-state index contributed by atoms with van der Waals surface area (Å²) in [6, 6.07) is 8.04. The van der Waals surface area contributed by atoms with Gasteiger partial charge >= 0.3 is 0 Å². The van der Waals surface area contributed by atoms with Gasteiger partial charge in [0.15, 0.2) is 0 Å². The van der Waals surface area contributed by atoms with Crippen LogP contribution in [-0.2, 0) is 11.2 Å². The van der Waals surface area contributed by atoms with E-state index < -0.39 is 0 Å². The lowest BCUT2D eigenvalue weighted by Gasteiger charge is -2.23. The molecule has 3 N–H and O–H groups in total. The Balaban J connectivity index is 2.34. The minimum absolute atomic E-state index is 0.0157. The van der Waals surface area contributed by atoms with Crippen molar-refractivity contribution < 1.29 is 4.79 Å². The van der Waals surface area contributed by atoms with E-state index in [0.29, 0.717) is 13.0 Å². The van der Waals surface area contributed by atoms with Crippen LogP contribution in [0.25, 0.3) is 0 Å². The molecule has 0 aromatic heterocycles. The monoisotopic (exact) mass is 262 g/mol. The molecular weight excluding hydrogens is 236 g/mol. The lowest BCUT2D eigenvalue weighted by atomic mass is 9.88. The van der Waals surface area contributed by atoms with Gasteiger partial charge in [-0.15, -0.1) is 0 Å². The number of amides is 1. The molecule has 1 aromatic carbocycles. The van der Waals surface area contributed by atoms with Gasteiger partial charge in [0.25, 0.3) is 0 Å². The Morgan fingerprint density at radius 1 is 1.26 bits per heavy atom. The van der Waals surface area contributed by atoms with Gasteiger partial charge in [-0.05, 0) is 24.3 Å². The molecule has 0 aliphatic rings. The van der Waals surface area contributed by atoms with Gasteiger partial charge in [-0.1, -0.05) is 50.6 Å². The summed E-state index contributed by atoms with van der Waals surface area (Å²) in [5, 5.41) is 2.90. The van der Waals surface area contributed by atoms with Crippen LogP contribution in [0, 0.1) is 12.3 Å². The van der Waals surface area contributed by atoms with Crippen LogP contribution >= 0.6 is 0 Å². The molecule has 0 bridgehead atoms. The van der Waals surface area contributed by atoms with E-state index in [2.05, 4.69) is 26.1 Å². The molecule has 1 atom stereocenters. The average molecular weight is 262 g/mol. The lowest BCUT2D eigenvalue weighted by Crippen LogP contribution is -2.39. The molecule has 0 aliphatic heterocycles. The van der Waals surface area contributed by atoms with Crippen molar-refractivity contribution in [1.82, 2.24) is 5.32 Å². The summed E-state index contributed by atoms with van der Waals surface area (Å²) < 4.78 is 0. The zero-order chi connectivity index (χ0) is 14.5. The maximum absolute atomic E-state index is 11.8. The largest absolute Gasteiger partial charge is 0.354 e. The van der Waals surface area contributed by atoms with E-state index >= 15 is 0 Å². The zero-order valence-electron chi connectivity index (χ0n) is 12.5. The minimum Gasteiger partial charge on any atom is -0.354 e. The molecule has 0 saturated heterocycles. The van der Waals surface area contributed by atoms with Crippen LogP contribution in [0.15, 0.2) is 24.3 Å². The summed E-state index contributed by atoms with van der Waals surface area (Å²) in [5.74, 6) is 0.0354. The Morgan fingerprint density at radius 2 is 1.84 bits per heavy atom. The molecule has 0 saturated carbocycles. The van der Waals surface area contributed by atoms with E-state index in [9.17, 15) is 4.79 Å². The lowest BCUT2D eigenvalue weighted by molar-refractivity contribution is -0.120. The molecule has 3 nitrogen and oxygen atoms in total. The standard InChI is InChI=1S/C16H26N2O/c1-12-5-7-13(8-6-12)9-15(19)18-11-14(17)10-16(2,3)4/h5-8,14H,9-11,17H2,1-4H3,(H,18,19). The maximum Gasteiger partial charge on any atom is 0.224 e. The van der Waals surface area contributed by atoms with E-state index in [0.717, 1.165) is 12.0 Å². The Hall–Kier alpha value is -1.35. The Bertz CT molecular complexity index is 404. The van der Waals surface area contributed by atoms with Crippen LogP contribution in [0.1, 0.15) is 38.3 Å². The Kier molecular flexibility index (Phi) is 5.55. The van der Waals surface area contributed by atoms with Gasteiger partial charge < -0.3 is 11.1 Å². The molecule has 1 amide bonds. The van der Waals surface area contributed by atoms with E-state index in [1.807, 2.05) is 31.2 Å². The van der Waals surface area contributed by atoms with Crippen molar-refractivity contribution >= 4 is 5.91 Å². The number of rotatable bonds is 5. The first-order valence-corrected chi connectivity index (χ1v) is 6.84. The minimum atomic E-state index is 0.0157. The van der Waals surface area contributed by atoms with E-state index in [-0.39, 0.29) is 17.4 Å². The number of nitrogens with one attached hydrogen (secondary N) is 1. The van der Waals surface area contributed by atoms with Crippen molar-refractivity contribution in [3.8, 4) is 0 Å². The Morgan fingerprint density at radius 3 is 2.37 bits per heavy atom. The van der Waals surface area contributed by atoms with Crippen LogP contribution in [-0.4, -0.2) is 18.5 Å². The van der Waals surface area contributed by atoms with Crippen molar-refractivity contribution in [3.63, 3.8) is 0 Å². The summed E-state index contributed by atoms with van der Waals surface area (Å²) in [5.41, 5.74) is 8.44. The molecule has 3 heteroatoms. The van der Waals surface area contributed by atoms with Crippen LogP contribution in [0.2, 0.25) is 0 Å². The quantitative estimate of drug-likeness (QED) is 0.856. The SMILES string of the molecule is Cc1ccc(CC(=O)NCC(N)CC(C)(C)C)cc1. The summed E-state index contributed by atoms with van der Waals surface area (Å²) >= 11 is 0. The van der Waals surface area contributed by atoms with Crippen LogP contribution < -0.4 is 11.1 Å². The second kappa shape index (κ2) is 6.71. The third-order valence-electron chi connectivity index (χ3n) is 2.92. The predicted molar refractivity (Wildman–Crippen MR) is 79.9 cm³/mol. The smallest absolute Gasteiger partial charge is 0.224 e. The molecule has 0 aliphatic carbocycles. The van der Waals surface area contributed by atoms with Gasteiger partial charge in [0.05, 0.1) is 6.42 Å². The van der Waals surface area contributed by atoms with Gasteiger partial charge in [-0.3, -0.25) is 4.79 Å². The third-order valence-corrected chi connectivity index (χ3v) is 2.92. The van der Waals surface area contributed by atoms with Gasteiger partial charge in [-0.25, -0.2) is 0 Å². The van der Waals surface area contributed by atoms with Crippen molar-refractivity contribution in [2.75, 3.05) is 6.54 Å². The van der Waals surface area contributed by atoms with E-state index in [1.54, 1.807) is 0 Å². The fourth-order valence-corrected chi connectivity index (χ4v) is 2.06. The fourth-order valence-electron chi connectivity index (χ4n) is 2.06. The molecular formula is C16H26N2O. The van der Waals surface area contributed by atoms with Gasteiger partial charge in [0.2, 0.25) is 5.91 Å². The summed E-state index contributed by atoms with van der Waals surface area (Å²) in [6.07, 6.45) is 1.32. The Labute approximate surface area is 116 Å². The number of nitrogens with two attached hydrogens (primary N) is 1. The van der Waals surface area contributed by atoms with Crippen molar-refractivity contribution in [2.45, 2.75) is 46.6 Å². The molecule has 106 valence electrons. The summed E-state index contributed by atoms with van der Waals surface area (Å²) in [7, 11) is 0. The van der Waals surface area contributed by atoms with Crippen molar-refractivity contribution in [2.24, 2.45) is 11.1 Å². The van der Waals surface area contributed by atoms with Crippen LogP contribution in [0.5, 0.6) is 0 Å². The highest BCUT2D eigenvalue weighted by atomic mass is 16.1. The molecule has 1 rings (SSSR count). The molecule has 1 unspecified atom stereocenters. The van der Waals surface area contributed by atoms with Gasteiger partial charge in [-0.2, -0.15) is 0 Å². The highest BCUT2D eigenvalue weighted by Crippen LogP contribution is 2.19. The molecule has 1 aromatic rings. The van der Waals surface area contributed by atoms with Gasteiger partial charge in [0.1, 0.15) is 0 Å². The maximum atomic E-state index is 11.8. The number of carbonyl (C=O) groups excluding carboxylic acids is 1. The predicted octanol–water partition coefficient (Wildman–Crippen LogP) is 2.42. The number of carbonyl (C=O) groups is 1. The third kappa shape index (κ3) is 6.97. The molecule has 19 heavy (non-hydrogen) atoms. The van der Waals surface area contributed by atoms with Crippen LogP contribution in [0.3, 0.4) is 0 Å². The second-order valence-corrected chi connectivity index (χ2v) is 6.49. The first kappa shape index (κ1) is 15.7. The zero-order valence-corrected chi connectivity index (χ0v) is 12.5. The summed E-state index contributed by atoms with van der Waals surface area (Å²) in [6.45, 7) is 9.04. The summed E-state index contributed by atoms with van der Waals surface area (Å²) in [4.78, 5) is 11.8.